The predicted molar refractivity (Wildman–Crippen MR) is 61.3 cm³/mol. The Kier molecular flexibility index (Phi) is 2.90. The first-order chi connectivity index (χ1) is 7.72. The Hall–Kier alpha value is -1.84. The quantitative estimate of drug-likeness (QED) is 0.756. The molecule has 84 valence electrons. The van der Waals surface area contributed by atoms with Crippen molar-refractivity contribution < 1.29 is 9.53 Å². The van der Waals surface area contributed by atoms with Gasteiger partial charge in [0, 0.05) is 5.56 Å². The van der Waals surface area contributed by atoms with Crippen LogP contribution in [0.5, 0.6) is 0 Å². The van der Waals surface area contributed by atoms with E-state index in [2.05, 4.69) is 15.0 Å². The van der Waals surface area contributed by atoms with Crippen LogP contribution < -0.4 is 5.32 Å². The molecule has 0 aliphatic carbocycles. The van der Waals surface area contributed by atoms with Crippen molar-refractivity contribution >= 4 is 11.8 Å². The van der Waals surface area contributed by atoms with Gasteiger partial charge in [0.2, 0.25) is 0 Å². The highest BCUT2D eigenvalue weighted by atomic mass is 16.5. The highest BCUT2D eigenvalue weighted by Crippen LogP contribution is 2.17. The van der Waals surface area contributed by atoms with Crippen LogP contribution in [0.25, 0.3) is 0 Å². The van der Waals surface area contributed by atoms with E-state index in [4.69, 9.17) is 0 Å². The fourth-order valence-electron chi connectivity index (χ4n) is 1.70. The first-order valence-corrected chi connectivity index (χ1v) is 5.19. The highest BCUT2D eigenvalue weighted by Gasteiger charge is 2.20. The second kappa shape index (κ2) is 4.35. The summed E-state index contributed by atoms with van der Waals surface area (Å²) in [5, 5.41) is 3.06. The minimum Gasteiger partial charge on any atom is -0.467 e. The van der Waals surface area contributed by atoms with Crippen LogP contribution in [-0.4, -0.2) is 25.0 Å². The number of esters is 1. The van der Waals surface area contributed by atoms with Gasteiger partial charge in [-0.1, -0.05) is 24.3 Å². The summed E-state index contributed by atoms with van der Waals surface area (Å²) in [5.74, 6) is 0.487. The third-order valence-corrected chi connectivity index (χ3v) is 2.59. The lowest BCUT2D eigenvalue weighted by molar-refractivity contribution is -0.142. The summed E-state index contributed by atoms with van der Waals surface area (Å²) < 4.78 is 4.65. The molecule has 2 rings (SSSR count). The Bertz CT molecular complexity index is 440. The second-order valence-electron chi connectivity index (χ2n) is 3.71. The summed E-state index contributed by atoms with van der Waals surface area (Å²) in [7, 11) is 1.38. The molecule has 4 nitrogen and oxygen atoms in total. The number of carbonyl (C=O) groups is 1. The van der Waals surface area contributed by atoms with Gasteiger partial charge in [0.1, 0.15) is 11.9 Å². The van der Waals surface area contributed by atoms with Crippen LogP contribution >= 0.6 is 0 Å². The summed E-state index contributed by atoms with van der Waals surface area (Å²) in [5.41, 5.74) is 2.25. The third kappa shape index (κ3) is 1.91. The zero-order valence-corrected chi connectivity index (χ0v) is 9.36. The number of nitrogens with zero attached hydrogens (tertiary/aromatic N) is 1. The van der Waals surface area contributed by atoms with E-state index in [0.717, 1.165) is 11.4 Å². The standard InChI is InChI=1S/C12H14N2O2/c1-8(12(15)16-2)14-11-10-6-4-3-5-9(10)7-13-11/h3-6,8H,7H2,1-2H3,(H,13,14). The van der Waals surface area contributed by atoms with E-state index in [1.807, 2.05) is 24.3 Å². The average molecular weight is 218 g/mol. The number of methoxy groups -OCH3 is 1. The van der Waals surface area contributed by atoms with Gasteiger partial charge in [0.15, 0.2) is 0 Å². The Balaban J connectivity index is 2.11. The topological polar surface area (TPSA) is 50.7 Å². The van der Waals surface area contributed by atoms with Gasteiger partial charge in [-0.3, -0.25) is 4.99 Å². The number of hydrogen-bond acceptors (Lipinski definition) is 4. The lowest BCUT2D eigenvalue weighted by Gasteiger charge is -2.13. The minimum absolute atomic E-state index is 0.285. The van der Waals surface area contributed by atoms with E-state index in [9.17, 15) is 4.79 Å². The average Bonchev–Trinajstić information content (AvgIpc) is 2.72. The molecule has 1 aliphatic heterocycles. The number of aliphatic imine (C=N–C) groups is 1. The van der Waals surface area contributed by atoms with Gasteiger partial charge in [-0.05, 0) is 12.5 Å². The molecule has 0 amide bonds. The van der Waals surface area contributed by atoms with Crippen LogP contribution in [-0.2, 0) is 16.1 Å². The molecule has 0 saturated heterocycles. The fourth-order valence-corrected chi connectivity index (χ4v) is 1.70. The Labute approximate surface area is 94.3 Å². The number of carbonyl (C=O) groups excluding carboxylic acids is 1. The Morgan fingerprint density at radius 2 is 2.25 bits per heavy atom. The molecule has 4 heteroatoms. The van der Waals surface area contributed by atoms with Crippen LogP contribution in [0.3, 0.4) is 0 Å². The van der Waals surface area contributed by atoms with Crippen molar-refractivity contribution in [3.63, 3.8) is 0 Å². The molecule has 1 unspecified atom stereocenters. The molecule has 0 aromatic heterocycles. The molecule has 16 heavy (non-hydrogen) atoms. The molecule has 1 heterocycles. The Morgan fingerprint density at radius 3 is 3.00 bits per heavy atom. The number of amidine groups is 1. The van der Waals surface area contributed by atoms with E-state index in [1.54, 1.807) is 6.92 Å². The van der Waals surface area contributed by atoms with Crippen LogP contribution in [0.2, 0.25) is 0 Å². The summed E-state index contributed by atoms with van der Waals surface area (Å²) in [6, 6.07) is 7.61. The van der Waals surface area contributed by atoms with Crippen molar-refractivity contribution in [2.24, 2.45) is 4.99 Å². The Morgan fingerprint density at radius 1 is 1.50 bits per heavy atom. The van der Waals surface area contributed by atoms with Crippen LogP contribution in [0, 0.1) is 0 Å². The lowest BCUT2D eigenvalue weighted by atomic mass is 10.1. The van der Waals surface area contributed by atoms with E-state index < -0.39 is 0 Å². The number of nitrogens with one attached hydrogen (secondary N) is 1. The molecule has 0 fully saturated rings. The van der Waals surface area contributed by atoms with E-state index in [1.165, 1.54) is 12.7 Å². The molecule has 0 spiro atoms. The SMILES string of the molecule is COC(=O)C(C)NC1=NCc2ccccc21. The second-order valence-corrected chi connectivity index (χ2v) is 3.71. The third-order valence-electron chi connectivity index (χ3n) is 2.59. The summed E-state index contributed by atoms with van der Waals surface area (Å²) in [4.78, 5) is 15.6. The molecule has 1 N–H and O–H groups in total. The zero-order valence-electron chi connectivity index (χ0n) is 9.36. The minimum atomic E-state index is -0.380. The summed E-state index contributed by atoms with van der Waals surface area (Å²) >= 11 is 0. The predicted octanol–water partition coefficient (Wildman–Crippen LogP) is 1.10. The van der Waals surface area contributed by atoms with Crippen LogP contribution in [0.4, 0.5) is 0 Å². The van der Waals surface area contributed by atoms with Crippen molar-refractivity contribution in [1.82, 2.24) is 5.32 Å². The van der Waals surface area contributed by atoms with Gasteiger partial charge >= 0.3 is 5.97 Å². The maximum absolute atomic E-state index is 11.3. The molecule has 0 saturated carbocycles. The molecule has 1 aromatic carbocycles. The molecule has 1 aliphatic rings. The monoisotopic (exact) mass is 218 g/mol. The smallest absolute Gasteiger partial charge is 0.328 e. The fraction of sp³-hybridized carbons (Fsp3) is 0.333. The maximum Gasteiger partial charge on any atom is 0.328 e. The largest absolute Gasteiger partial charge is 0.467 e. The molecular weight excluding hydrogens is 204 g/mol. The first-order valence-electron chi connectivity index (χ1n) is 5.19. The zero-order chi connectivity index (χ0) is 11.5. The summed E-state index contributed by atoms with van der Waals surface area (Å²) in [6.07, 6.45) is 0. The number of fused-ring (bicyclic) bond motifs is 1. The number of benzene rings is 1. The van der Waals surface area contributed by atoms with Crippen LogP contribution in [0.15, 0.2) is 29.3 Å². The molecule has 1 atom stereocenters. The number of rotatable bonds is 2. The van der Waals surface area contributed by atoms with Gasteiger partial charge in [-0.25, -0.2) is 4.79 Å². The highest BCUT2D eigenvalue weighted by molar-refractivity contribution is 6.03. The van der Waals surface area contributed by atoms with Crippen LogP contribution in [0.1, 0.15) is 18.1 Å². The van der Waals surface area contributed by atoms with Gasteiger partial charge in [0.05, 0.1) is 13.7 Å². The summed E-state index contributed by atoms with van der Waals surface area (Å²) in [6.45, 7) is 2.43. The lowest BCUT2D eigenvalue weighted by Crippen LogP contribution is -2.39. The molecule has 0 bridgehead atoms. The number of ether oxygens (including phenoxy) is 1. The normalized spacial score (nSPS) is 15.0. The molecule has 0 radical (unpaired) electrons. The maximum atomic E-state index is 11.3. The van der Waals surface area contributed by atoms with Crippen molar-refractivity contribution in [2.45, 2.75) is 19.5 Å². The van der Waals surface area contributed by atoms with Crippen molar-refractivity contribution in [1.29, 1.82) is 0 Å². The van der Waals surface area contributed by atoms with Gasteiger partial charge in [-0.2, -0.15) is 0 Å². The van der Waals surface area contributed by atoms with Crippen molar-refractivity contribution in [2.75, 3.05) is 7.11 Å². The molecular formula is C12H14N2O2. The van der Waals surface area contributed by atoms with Crippen molar-refractivity contribution in [3.8, 4) is 0 Å². The van der Waals surface area contributed by atoms with Gasteiger partial charge in [-0.15, -0.1) is 0 Å². The van der Waals surface area contributed by atoms with Gasteiger partial charge in [0.25, 0.3) is 0 Å². The van der Waals surface area contributed by atoms with E-state index in [-0.39, 0.29) is 12.0 Å². The van der Waals surface area contributed by atoms with Crippen molar-refractivity contribution in [3.05, 3.63) is 35.4 Å². The van der Waals surface area contributed by atoms with Gasteiger partial charge < -0.3 is 10.1 Å². The van der Waals surface area contributed by atoms with E-state index >= 15 is 0 Å². The number of hydrogen-bond donors (Lipinski definition) is 1. The van der Waals surface area contributed by atoms with E-state index in [0.29, 0.717) is 6.54 Å². The molecule has 1 aromatic rings. The first kappa shape index (κ1) is 10.7.